The van der Waals surface area contributed by atoms with E-state index in [1.807, 2.05) is 36.4 Å². The third-order valence-corrected chi connectivity index (χ3v) is 4.28. The summed E-state index contributed by atoms with van der Waals surface area (Å²) in [5.41, 5.74) is 3.84. The fourth-order valence-corrected chi connectivity index (χ4v) is 2.97. The molecule has 3 aromatic rings. The number of ether oxygens (including phenoxy) is 1. The molecule has 26 heavy (non-hydrogen) atoms. The number of H-pyrrole nitrogens is 1. The van der Waals surface area contributed by atoms with Crippen LogP contribution in [0, 0.1) is 0 Å². The molecule has 4 rings (SSSR count). The molecule has 0 saturated carbocycles. The summed E-state index contributed by atoms with van der Waals surface area (Å²) < 4.78 is 5.48. The van der Waals surface area contributed by atoms with E-state index in [9.17, 15) is 9.90 Å². The molecule has 4 N–H and O–H groups in total. The molecule has 132 valence electrons. The monoisotopic (exact) mass is 350 g/mol. The van der Waals surface area contributed by atoms with Gasteiger partial charge in [-0.15, -0.1) is 0 Å². The number of rotatable bonds is 5. The van der Waals surface area contributed by atoms with Crippen LogP contribution in [0.5, 0.6) is 5.75 Å². The number of aromatic nitrogens is 1. The molecule has 2 aromatic carbocycles. The lowest BCUT2D eigenvalue weighted by atomic mass is 10.1. The van der Waals surface area contributed by atoms with Crippen LogP contribution >= 0.6 is 0 Å². The molecule has 1 aromatic heterocycles. The number of carbonyl (C=O) groups is 1. The fourth-order valence-electron chi connectivity index (χ4n) is 2.97. The molecule has 0 bridgehead atoms. The molecule has 0 spiro atoms. The van der Waals surface area contributed by atoms with E-state index in [4.69, 9.17) is 9.84 Å². The summed E-state index contributed by atoms with van der Waals surface area (Å²) >= 11 is 0. The highest BCUT2D eigenvalue weighted by molar-refractivity contribution is 6.35. The fraction of sp³-hybridized carbons (Fsp3) is 0.150. The number of para-hydroxylation sites is 1. The van der Waals surface area contributed by atoms with Gasteiger partial charge in [0.05, 0.1) is 12.2 Å². The highest BCUT2D eigenvalue weighted by Gasteiger charge is 2.25. The van der Waals surface area contributed by atoms with Crippen LogP contribution in [-0.2, 0) is 4.79 Å². The first-order valence-electron chi connectivity index (χ1n) is 8.31. The first kappa shape index (κ1) is 16.4. The third kappa shape index (κ3) is 3.08. The lowest BCUT2D eigenvalue weighted by molar-refractivity contribution is -0.110. The highest BCUT2D eigenvalue weighted by atomic mass is 16.5. The molecule has 2 heterocycles. The van der Waals surface area contributed by atoms with Crippen LogP contribution in [0.2, 0.25) is 0 Å². The number of aromatic amines is 1. The van der Waals surface area contributed by atoms with Crippen molar-refractivity contribution < 1.29 is 19.7 Å². The van der Waals surface area contributed by atoms with Gasteiger partial charge in [0, 0.05) is 22.5 Å². The number of benzene rings is 2. The largest absolute Gasteiger partial charge is 0.491 e. The van der Waals surface area contributed by atoms with E-state index in [0.29, 0.717) is 17.0 Å². The van der Waals surface area contributed by atoms with Crippen molar-refractivity contribution in [2.75, 3.05) is 18.5 Å². The van der Waals surface area contributed by atoms with E-state index >= 15 is 0 Å². The first-order valence-corrected chi connectivity index (χ1v) is 8.31. The van der Waals surface area contributed by atoms with Gasteiger partial charge in [-0.3, -0.25) is 4.79 Å². The van der Waals surface area contributed by atoms with Crippen LogP contribution in [0.15, 0.2) is 48.5 Å². The molecule has 0 aliphatic carbocycles. The van der Waals surface area contributed by atoms with E-state index in [2.05, 4.69) is 10.3 Å². The van der Waals surface area contributed by atoms with Crippen molar-refractivity contribution in [2.45, 2.75) is 6.10 Å². The predicted octanol–water partition coefficient (Wildman–Crippen LogP) is 2.39. The van der Waals surface area contributed by atoms with Crippen molar-refractivity contribution in [2.24, 2.45) is 0 Å². The molecule has 0 fully saturated rings. The van der Waals surface area contributed by atoms with Crippen molar-refractivity contribution in [3.05, 3.63) is 59.8 Å². The summed E-state index contributed by atoms with van der Waals surface area (Å²) in [6.45, 7) is -0.381. The molecule has 0 saturated heterocycles. The Morgan fingerprint density at radius 3 is 2.81 bits per heavy atom. The zero-order valence-electron chi connectivity index (χ0n) is 13.9. The number of fused-ring (bicyclic) bond motifs is 2. The van der Waals surface area contributed by atoms with Gasteiger partial charge in [0.2, 0.25) is 0 Å². The van der Waals surface area contributed by atoms with Gasteiger partial charge in [-0.05, 0) is 41.8 Å². The Bertz CT molecular complexity index is 973. The number of amides is 1. The van der Waals surface area contributed by atoms with E-state index in [0.717, 1.165) is 22.2 Å². The minimum Gasteiger partial charge on any atom is -0.491 e. The SMILES string of the molecule is O=C1Nc2ccc(OCC(O)CO)cc2/C1=C/c1cc2ccccc2[nH]1. The summed E-state index contributed by atoms with van der Waals surface area (Å²) in [4.78, 5) is 15.7. The Kier molecular flexibility index (Phi) is 4.20. The van der Waals surface area contributed by atoms with Gasteiger partial charge >= 0.3 is 0 Å². The van der Waals surface area contributed by atoms with E-state index in [1.165, 1.54) is 0 Å². The van der Waals surface area contributed by atoms with Gasteiger partial charge in [-0.25, -0.2) is 0 Å². The van der Waals surface area contributed by atoms with Gasteiger partial charge in [0.1, 0.15) is 18.5 Å². The number of hydrogen-bond acceptors (Lipinski definition) is 4. The Balaban J connectivity index is 1.67. The van der Waals surface area contributed by atoms with Gasteiger partial charge in [-0.2, -0.15) is 0 Å². The molecule has 1 atom stereocenters. The summed E-state index contributed by atoms with van der Waals surface area (Å²) in [5, 5.41) is 22.2. The number of aliphatic hydroxyl groups excluding tert-OH is 2. The molecular formula is C20H18N2O4. The number of aliphatic hydroxyl groups is 2. The summed E-state index contributed by atoms with van der Waals surface area (Å²) in [6.07, 6.45) is 0.873. The number of carbonyl (C=O) groups excluding carboxylic acids is 1. The van der Waals surface area contributed by atoms with Crippen LogP contribution < -0.4 is 10.1 Å². The minimum atomic E-state index is -0.940. The molecule has 1 amide bonds. The van der Waals surface area contributed by atoms with E-state index in [1.54, 1.807) is 18.2 Å². The van der Waals surface area contributed by atoms with Crippen molar-refractivity contribution in [1.82, 2.24) is 4.98 Å². The maximum absolute atomic E-state index is 12.4. The zero-order chi connectivity index (χ0) is 18.1. The highest BCUT2D eigenvalue weighted by Crippen LogP contribution is 2.36. The lowest BCUT2D eigenvalue weighted by Crippen LogP contribution is -2.21. The van der Waals surface area contributed by atoms with E-state index in [-0.39, 0.29) is 19.1 Å². The van der Waals surface area contributed by atoms with Gasteiger partial charge in [-0.1, -0.05) is 18.2 Å². The quantitative estimate of drug-likeness (QED) is 0.532. The van der Waals surface area contributed by atoms with Crippen molar-refractivity contribution in [3.63, 3.8) is 0 Å². The maximum Gasteiger partial charge on any atom is 0.256 e. The number of anilines is 1. The second kappa shape index (κ2) is 6.67. The topological polar surface area (TPSA) is 94.6 Å². The second-order valence-electron chi connectivity index (χ2n) is 6.18. The minimum absolute atomic E-state index is 0.0161. The molecule has 0 radical (unpaired) electrons. The van der Waals surface area contributed by atoms with Crippen molar-refractivity contribution >= 4 is 34.1 Å². The second-order valence-corrected chi connectivity index (χ2v) is 6.18. The van der Waals surface area contributed by atoms with Crippen LogP contribution in [0.25, 0.3) is 22.6 Å². The number of nitrogens with one attached hydrogen (secondary N) is 2. The molecule has 1 aliphatic heterocycles. The normalized spacial score (nSPS) is 15.9. The summed E-state index contributed by atoms with van der Waals surface area (Å²) in [5.74, 6) is 0.349. The average Bonchev–Trinajstić information content (AvgIpc) is 3.20. The Labute approximate surface area is 149 Å². The zero-order valence-corrected chi connectivity index (χ0v) is 13.9. The molecule has 1 aliphatic rings. The van der Waals surface area contributed by atoms with Crippen LogP contribution in [0.4, 0.5) is 5.69 Å². The van der Waals surface area contributed by atoms with Gasteiger partial charge in [0.15, 0.2) is 0 Å². The molecule has 6 heteroatoms. The van der Waals surface area contributed by atoms with Gasteiger partial charge < -0.3 is 25.3 Å². The summed E-state index contributed by atoms with van der Waals surface area (Å²) in [6, 6.07) is 15.1. The Morgan fingerprint density at radius 1 is 1.15 bits per heavy atom. The summed E-state index contributed by atoms with van der Waals surface area (Å²) in [7, 11) is 0. The van der Waals surface area contributed by atoms with Crippen LogP contribution in [0.3, 0.4) is 0 Å². The van der Waals surface area contributed by atoms with E-state index < -0.39 is 6.10 Å². The predicted molar refractivity (Wildman–Crippen MR) is 99.8 cm³/mol. The van der Waals surface area contributed by atoms with Crippen LogP contribution in [-0.4, -0.2) is 40.4 Å². The first-order chi connectivity index (χ1) is 12.6. The third-order valence-electron chi connectivity index (χ3n) is 4.28. The van der Waals surface area contributed by atoms with Gasteiger partial charge in [0.25, 0.3) is 5.91 Å². The van der Waals surface area contributed by atoms with Crippen molar-refractivity contribution in [3.8, 4) is 5.75 Å². The Morgan fingerprint density at radius 2 is 2.00 bits per heavy atom. The van der Waals surface area contributed by atoms with Crippen LogP contribution in [0.1, 0.15) is 11.3 Å². The number of hydrogen-bond donors (Lipinski definition) is 4. The maximum atomic E-state index is 12.4. The lowest BCUT2D eigenvalue weighted by Gasteiger charge is -2.10. The average molecular weight is 350 g/mol. The standard InChI is InChI=1S/C20H18N2O4/c23-10-14(24)11-26-15-5-6-19-16(9-15)17(20(25)22-19)8-13-7-12-3-1-2-4-18(12)21-13/h1-9,14,21,23-24H,10-11H2,(H,22,25)/b17-8-. The molecule has 6 nitrogen and oxygen atoms in total. The van der Waals surface area contributed by atoms with Crippen molar-refractivity contribution in [1.29, 1.82) is 0 Å². The molecular weight excluding hydrogens is 332 g/mol. The molecule has 1 unspecified atom stereocenters. The Hall–Kier alpha value is -3.09. The smallest absolute Gasteiger partial charge is 0.256 e.